The van der Waals surface area contributed by atoms with Crippen molar-refractivity contribution in [2.24, 2.45) is 0 Å². The summed E-state index contributed by atoms with van der Waals surface area (Å²) in [6.45, 7) is 2.20. The van der Waals surface area contributed by atoms with E-state index in [-0.39, 0.29) is 5.97 Å². The number of hydrogen-bond donors (Lipinski definition) is 0. The Kier molecular flexibility index (Phi) is 3.37. The average Bonchev–Trinajstić information content (AvgIpc) is 3.32. The third-order valence-electron chi connectivity index (χ3n) is 4.24. The molecule has 0 atom stereocenters. The van der Waals surface area contributed by atoms with Crippen LogP contribution in [0.1, 0.15) is 41.7 Å². The van der Waals surface area contributed by atoms with Crippen LogP contribution >= 0.6 is 0 Å². The van der Waals surface area contributed by atoms with E-state index in [1.165, 1.54) is 10.8 Å². The maximum Gasteiger partial charge on any atom is 0.341 e. The van der Waals surface area contributed by atoms with Gasteiger partial charge in [-0.25, -0.2) is 9.48 Å². The molecule has 1 aromatic heterocycles. The topological polar surface area (TPSA) is 44.1 Å². The Balaban J connectivity index is 1.82. The standard InChI is InChI=1S/C19H18N2O2/c1-2-23-19(22)17-12-20-21(18(17)14-7-8-14)16-10-9-13-5-3-4-6-15(13)11-16/h3-6,9-12,14H,2,7-8H2,1H3. The van der Waals surface area contributed by atoms with Crippen molar-refractivity contribution in [1.82, 2.24) is 9.78 Å². The third kappa shape index (κ3) is 2.50. The molecule has 3 aromatic rings. The van der Waals surface area contributed by atoms with Gasteiger partial charge in [0, 0.05) is 5.92 Å². The molecule has 23 heavy (non-hydrogen) atoms. The fourth-order valence-electron chi connectivity index (χ4n) is 2.99. The van der Waals surface area contributed by atoms with Crippen LogP contribution < -0.4 is 0 Å². The van der Waals surface area contributed by atoms with Gasteiger partial charge in [0.15, 0.2) is 0 Å². The number of nitrogens with zero attached hydrogens (tertiary/aromatic N) is 2. The van der Waals surface area contributed by atoms with E-state index in [9.17, 15) is 4.79 Å². The lowest BCUT2D eigenvalue weighted by Gasteiger charge is -2.10. The van der Waals surface area contributed by atoms with Crippen molar-refractivity contribution in [3.63, 3.8) is 0 Å². The molecule has 2 aromatic carbocycles. The lowest BCUT2D eigenvalue weighted by atomic mass is 10.1. The van der Waals surface area contributed by atoms with Crippen LogP contribution in [0.2, 0.25) is 0 Å². The second-order valence-corrected chi connectivity index (χ2v) is 5.88. The van der Waals surface area contributed by atoms with Crippen LogP contribution in [0.3, 0.4) is 0 Å². The smallest absolute Gasteiger partial charge is 0.341 e. The Morgan fingerprint density at radius 3 is 2.74 bits per heavy atom. The van der Waals surface area contributed by atoms with Gasteiger partial charge < -0.3 is 4.74 Å². The van der Waals surface area contributed by atoms with E-state index >= 15 is 0 Å². The van der Waals surface area contributed by atoms with E-state index in [1.54, 1.807) is 6.20 Å². The van der Waals surface area contributed by atoms with Gasteiger partial charge in [-0.2, -0.15) is 5.10 Å². The van der Waals surface area contributed by atoms with Crippen LogP contribution in [-0.4, -0.2) is 22.4 Å². The number of carbonyl (C=O) groups is 1. The van der Waals surface area contributed by atoms with E-state index in [1.807, 2.05) is 23.7 Å². The van der Waals surface area contributed by atoms with Gasteiger partial charge >= 0.3 is 5.97 Å². The maximum absolute atomic E-state index is 12.2. The number of esters is 1. The molecule has 1 saturated carbocycles. The highest BCUT2D eigenvalue weighted by Crippen LogP contribution is 2.42. The van der Waals surface area contributed by atoms with Crippen molar-refractivity contribution in [3.05, 3.63) is 59.9 Å². The first-order valence-electron chi connectivity index (χ1n) is 8.02. The quantitative estimate of drug-likeness (QED) is 0.682. The Bertz CT molecular complexity index is 878. The minimum absolute atomic E-state index is 0.276. The summed E-state index contributed by atoms with van der Waals surface area (Å²) in [6.07, 6.45) is 3.85. The van der Waals surface area contributed by atoms with Crippen LogP contribution in [0.15, 0.2) is 48.7 Å². The van der Waals surface area contributed by atoms with E-state index in [4.69, 9.17) is 4.74 Å². The lowest BCUT2D eigenvalue weighted by Crippen LogP contribution is -2.09. The minimum atomic E-state index is -0.276. The number of fused-ring (bicyclic) bond motifs is 1. The molecule has 1 aliphatic carbocycles. The molecule has 116 valence electrons. The van der Waals surface area contributed by atoms with Crippen LogP contribution in [-0.2, 0) is 4.74 Å². The van der Waals surface area contributed by atoms with Gasteiger partial charge in [0.2, 0.25) is 0 Å². The first-order chi connectivity index (χ1) is 11.3. The van der Waals surface area contributed by atoms with Crippen molar-refractivity contribution in [3.8, 4) is 5.69 Å². The largest absolute Gasteiger partial charge is 0.462 e. The normalized spacial score (nSPS) is 14.1. The highest BCUT2D eigenvalue weighted by atomic mass is 16.5. The van der Waals surface area contributed by atoms with E-state index in [2.05, 4.69) is 35.4 Å². The van der Waals surface area contributed by atoms with Gasteiger partial charge in [-0.1, -0.05) is 30.3 Å². The van der Waals surface area contributed by atoms with Crippen LogP contribution in [0, 0.1) is 0 Å². The van der Waals surface area contributed by atoms with Gasteiger partial charge in [0.25, 0.3) is 0 Å². The van der Waals surface area contributed by atoms with Gasteiger partial charge in [-0.05, 0) is 42.7 Å². The molecule has 4 rings (SSSR count). The number of carbonyl (C=O) groups excluding carboxylic acids is 1. The highest BCUT2D eigenvalue weighted by Gasteiger charge is 2.33. The fourth-order valence-corrected chi connectivity index (χ4v) is 2.99. The Morgan fingerprint density at radius 1 is 1.22 bits per heavy atom. The number of ether oxygens (including phenoxy) is 1. The molecule has 0 aliphatic heterocycles. The highest BCUT2D eigenvalue weighted by molar-refractivity contribution is 5.91. The molecule has 0 radical (unpaired) electrons. The van der Waals surface area contributed by atoms with E-state index in [0.717, 1.165) is 24.2 Å². The van der Waals surface area contributed by atoms with Crippen LogP contribution in [0.25, 0.3) is 16.5 Å². The number of hydrogen-bond acceptors (Lipinski definition) is 3. The van der Waals surface area contributed by atoms with Crippen molar-refractivity contribution in [1.29, 1.82) is 0 Å². The maximum atomic E-state index is 12.2. The summed E-state index contributed by atoms with van der Waals surface area (Å²) in [5.74, 6) is 0.129. The van der Waals surface area contributed by atoms with E-state index in [0.29, 0.717) is 18.1 Å². The summed E-state index contributed by atoms with van der Waals surface area (Å²) >= 11 is 0. The molecule has 1 aliphatic rings. The van der Waals surface area contributed by atoms with E-state index < -0.39 is 0 Å². The Hall–Kier alpha value is -2.62. The van der Waals surface area contributed by atoms with Crippen molar-refractivity contribution in [2.45, 2.75) is 25.7 Å². The van der Waals surface area contributed by atoms with Crippen molar-refractivity contribution >= 4 is 16.7 Å². The Morgan fingerprint density at radius 2 is 2.00 bits per heavy atom. The predicted octanol–water partition coefficient (Wildman–Crippen LogP) is 4.08. The summed E-state index contributed by atoms with van der Waals surface area (Å²) in [7, 11) is 0. The molecule has 4 nitrogen and oxygen atoms in total. The molecule has 1 heterocycles. The summed E-state index contributed by atoms with van der Waals surface area (Å²) < 4.78 is 7.07. The van der Waals surface area contributed by atoms with Crippen molar-refractivity contribution in [2.75, 3.05) is 6.61 Å². The zero-order valence-corrected chi connectivity index (χ0v) is 13.0. The molecule has 0 bridgehead atoms. The number of benzene rings is 2. The SMILES string of the molecule is CCOC(=O)c1cnn(-c2ccc3ccccc3c2)c1C1CC1. The average molecular weight is 306 g/mol. The number of aromatic nitrogens is 2. The van der Waals surface area contributed by atoms with Gasteiger partial charge in [0.1, 0.15) is 5.56 Å². The molecule has 0 spiro atoms. The monoisotopic (exact) mass is 306 g/mol. The molecule has 0 amide bonds. The lowest BCUT2D eigenvalue weighted by molar-refractivity contribution is 0.0525. The first kappa shape index (κ1) is 14.0. The summed E-state index contributed by atoms with van der Waals surface area (Å²) in [5.41, 5.74) is 2.57. The summed E-state index contributed by atoms with van der Waals surface area (Å²) in [4.78, 5) is 12.2. The molecule has 4 heteroatoms. The second kappa shape index (κ2) is 5.54. The summed E-state index contributed by atoms with van der Waals surface area (Å²) in [5, 5.41) is 6.84. The zero-order chi connectivity index (χ0) is 15.8. The Labute approximate surface area is 134 Å². The molecule has 0 N–H and O–H groups in total. The number of rotatable bonds is 4. The molecule has 0 unspecified atom stereocenters. The first-order valence-corrected chi connectivity index (χ1v) is 8.02. The van der Waals surface area contributed by atoms with Gasteiger partial charge in [0.05, 0.1) is 24.2 Å². The van der Waals surface area contributed by atoms with Crippen LogP contribution in [0.5, 0.6) is 0 Å². The molecular weight excluding hydrogens is 288 g/mol. The zero-order valence-electron chi connectivity index (χ0n) is 13.0. The minimum Gasteiger partial charge on any atom is -0.462 e. The predicted molar refractivity (Wildman–Crippen MR) is 89.0 cm³/mol. The second-order valence-electron chi connectivity index (χ2n) is 5.88. The van der Waals surface area contributed by atoms with Gasteiger partial charge in [-0.3, -0.25) is 0 Å². The van der Waals surface area contributed by atoms with Crippen LogP contribution in [0.4, 0.5) is 0 Å². The van der Waals surface area contributed by atoms with Gasteiger partial charge in [-0.15, -0.1) is 0 Å². The molecule has 1 fully saturated rings. The van der Waals surface area contributed by atoms with Crippen molar-refractivity contribution < 1.29 is 9.53 Å². The third-order valence-corrected chi connectivity index (χ3v) is 4.24. The molecule has 0 saturated heterocycles. The molecular formula is C19H18N2O2. The fraction of sp³-hybridized carbons (Fsp3) is 0.263. The summed E-state index contributed by atoms with van der Waals surface area (Å²) in [6, 6.07) is 14.5.